The molecular weight excluding hydrogens is 244 g/mol. The highest BCUT2D eigenvalue weighted by atomic mass is 15.3. The number of hydrogen-bond donors (Lipinski definition) is 2. The van der Waals surface area contributed by atoms with Crippen LogP contribution in [-0.2, 0) is 13.5 Å². The number of hydrogen-bond acceptors (Lipinski definition) is 7. The molecule has 3 N–H and O–H groups in total. The Bertz CT molecular complexity index is 547. The molecule has 8 heteroatoms. The Morgan fingerprint density at radius 3 is 2.74 bits per heavy atom. The first-order valence-electron chi connectivity index (χ1n) is 5.96. The van der Waals surface area contributed by atoms with Crippen molar-refractivity contribution < 1.29 is 0 Å². The van der Waals surface area contributed by atoms with Gasteiger partial charge in [-0.3, -0.25) is 4.68 Å². The third kappa shape index (κ3) is 3.30. The maximum absolute atomic E-state index is 5.64. The minimum atomic E-state index is 0.210. The van der Waals surface area contributed by atoms with Gasteiger partial charge in [-0.05, 0) is 6.07 Å². The van der Waals surface area contributed by atoms with Crippen molar-refractivity contribution in [2.24, 2.45) is 7.05 Å². The Kier molecular flexibility index (Phi) is 3.79. The lowest BCUT2D eigenvalue weighted by Crippen LogP contribution is -2.17. The zero-order valence-electron chi connectivity index (χ0n) is 11.3. The molecule has 0 aliphatic heterocycles. The minimum absolute atomic E-state index is 0.210. The molecule has 0 unspecified atom stereocenters. The Balaban J connectivity index is 1.98. The molecule has 0 atom stereocenters. The first kappa shape index (κ1) is 13.1. The van der Waals surface area contributed by atoms with Crippen molar-refractivity contribution >= 4 is 17.8 Å². The molecule has 0 radical (unpaired) electrons. The van der Waals surface area contributed by atoms with Crippen molar-refractivity contribution in [1.82, 2.24) is 24.7 Å². The quantitative estimate of drug-likeness (QED) is 0.777. The van der Waals surface area contributed by atoms with Gasteiger partial charge < -0.3 is 16.0 Å². The van der Waals surface area contributed by atoms with E-state index in [4.69, 9.17) is 5.73 Å². The van der Waals surface area contributed by atoms with Gasteiger partial charge in [0.15, 0.2) is 0 Å². The normalized spacial score (nSPS) is 10.5. The van der Waals surface area contributed by atoms with Crippen LogP contribution < -0.4 is 16.0 Å². The number of anilines is 3. The fraction of sp³-hybridized carbons (Fsp3) is 0.455. The van der Waals surface area contributed by atoms with E-state index in [0.717, 1.165) is 12.1 Å². The molecule has 0 bridgehead atoms. The summed E-state index contributed by atoms with van der Waals surface area (Å²) in [5.41, 5.74) is 6.79. The van der Waals surface area contributed by atoms with E-state index >= 15 is 0 Å². The average molecular weight is 262 g/mol. The molecule has 0 fully saturated rings. The van der Waals surface area contributed by atoms with E-state index < -0.39 is 0 Å². The summed E-state index contributed by atoms with van der Waals surface area (Å²) in [5.74, 6) is 1.23. The molecule has 2 heterocycles. The van der Waals surface area contributed by atoms with Gasteiger partial charge >= 0.3 is 0 Å². The van der Waals surface area contributed by atoms with E-state index in [-0.39, 0.29) is 5.95 Å². The number of nitrogens with one attached hydrogen (secondary N) is 1. The van der Waals surface area contributed by atoms with Crippen LogP contribution in [0.4, 0.5) is 17.8 Å². The lowest BCUT2D eigenvalue weighted by molar-refractivity contribution is 0.710. The van der Waals surface area contributed by atoms with Crippen LogP contribution in [0.2, 0.25) is 0 Å². The molecule has 0 aliphatic carbocycles. The van der Waals surface area contributed by atoms with E-state index in [2.05, 4.69) is 25.4 Å². The molecule has 2 rings (SSSR count). The van der Waals surface area contributed by atoms with Gasteiger partial charge in [0.05, 0.1) is 0 Å². The zero-order valence-corrected chi connectivity index (χ0v) is 11.3. The minimum Gasteiger partial charge on any atom is -0.368 e. The van der Waals surface area contributed by atoms with Crippen molar-refractivity contribution in [3.05, 3.63) is 18.0 Å². The molecule has 0 saturated heterocycles. The molecule has 0 saturated carbocycles. The fourth-order valence-electron chi connectivity index (χ4n) is 1.61. The highest BCUT2D eigenvalue weighted by Crippen LogP contribution is 2.09. The van der Waals surface area contributed by atoms with Gasteiger partial charge in [-0.1, -0.05) is 0 Å². The molecule has 0 aromatic carbocycles. The van der Waals surface area contributed by atoms with Crippen LogP contribution in [0.3, 0.4) is 0 Å². The standard InChI is InChI=1S/C11H18N8/c1-18(2)11-16-9(12)15-10(17-11)13-6-4-8-5-7-14-19(8)3/h5,7H,4,6H2,1-3H3,(H3,12,13,15,16,17). The van der Waals surface area contributed by atoms with Gasteiger partial charge in [-0.25, -0.2) is 0 Å². The van der Waals surface area contributed by atoms with Gasteiger partial charge in [0, 0.05) is 46.0 Å². The molecule has 102 valence electrons. The molecular formula is C11H18N8. The van der Waals surface area contributed by atoms with E-state index in [1.807, 2.05) is 31.9 Å². The van der Waals surface area contributed by atoms with Crippen molar-refractivity contribution in [3.8, 4) is 0 Å². The molecule has 19 heavy (non-hydrogen) atoms. The predicted molar refractivity (Wildman–Crippen MR) is 74.0 cm³/mol. The summed E-state index contributed by atoms with van der Waals surface area (Å²) in [6.45, 7) is 0.704. The molecule has 0 amide bonds. The maximum Gasteiger partial charge on any atom is 0.231 e. The molecule has 2 aromatic rings. The Morgan fingerprint density at radius 2 is 2.11 bits per heavy atom. The van der Waals surface area contributed by atoms with Gasteiger partial charge in [-0.2, -0.15) is 20.1 Å². The van der Waals surface area contributed by atoms with Crippen LogP contribution in [0.5, 0.6) is 0 Å². The largest absolute Gasteiger partial charge is 0.368 e. The van der Waals surface area contributed by atoms with Crippen LogP contribution in [0.1, 0.15) is 5.69 Å². The van der Waals surface area contributed by atoms with Crippen molar-refractivity contribution in [2.45, 2.75) is 6.42 Å². The smallest absolute Gasteiger partial charge is 0.231 e. The summed E-state index contributed by atoms with van der Waals surface area (Å²) in [6, 6.07) is 1.98. The highest BCUT2D eigenvalue weighted by molar-refractivity contribution is 5.40. The second-order valence-corrected chi connectivity index (χ2v) is 4.33. The number of rotatable bonds is 5. The van der Waals surface area contributed by atoms with Crippen LogP contribution in [0.25, 0.3) is 0 Å². The van der Waals surface area contributed by atoms with E-state index in [9.17, 15) is 0 Å². The van der Waals surface area contributed by atoms with Crippen molar-refractivity contribution in [1.29, 1.82) is 0 Å². The monoisotopic (exact) mass is 262 g/mol. The summed E-state index contributed by atoms with van der Waals surface area (Å²) in [5, 5.41) is 7.25. The summed E-state index contributed by atoms with van der Waals surface area (Å²) in [6.07, 6.45) is 2.61. The third-order valence-corrected chi connectivity index (χ3v) is 2.63. The highest BCUT2D eigenvalue weighted by Gasteiger charge is 2.06. The molecule has 0 spiro atoms. The van der Waals surface area contributed by atoms with Crippen molar-refractivity contribution in [3.63, 3.8) is 0 Å². The second-order valence-electron chi connectivity index (χ2n) is 4.33. The topological polar surface area (TPSA) is 97.8 Å². The van der Waals surface area contributed by atoms with E-state index in [1.54, 1.807) is 11.1 Å². The summed E-state index contributed by atoms with van der Waals surface area (Å²) in [4.78, 5) is 14.1. The van der Waals surface area contributed by atoms with Gasteiger partial charge in [0.25, 0.3) is 0 Å². The van der Waals surface area contributed by atoms with E-state index in [0.29, 0.717) is 18.4 Å². The number of aromatic nitrogens is 5. The van der Waals surface area contributed by atoms with Crippen LogP contribution in [0.15, 0.2) is 12.3 Å². The van der Waals surface area contributed by atoms with E-state index in [1.165, 1.54) is 0 Å². The predicted octanol–water partition coefficient (Wildman–Crippen LogP) is -0.0921. The number of nitrogens with two attached hydrogens (primary N) is 1. The van der Waals surface area contributed by atoms with Gasteiger partial charge in [-0.15, -0.1) is 0 Å². The van der Waals surface area contributed by atoms with Gasteiger partial charge in [0.2, 0.25) is 17.8 Å². The van der Waals surface area contributed by atoms with Crippen LogP contribution in [0, 0.1) is 0 Å². The summed E-state index contributed by atoms with van der Waals surface area (Å²) >= 11 is 0. The molecule has 0 aliphatic rings. The molecule has 8 nitrogen and oxygen atoms in total. The lowest BCUT2D eigenvalue weighted by atomic mass is 10.3. The summed E-state index contributed by atoms with van der Waals surface area (Å²) in [7, 11) is 5.63. The summed E-state index contributed by atoms with van der Waals surface area (Å²) < 4.78 is 1.84. The average Bonchev–Trinajstić information content (AvgIpc) is 2.74. The Morgan fingerprint density at radius 1 is 1.32 bits per heavy atom. The first-order valence-corrected chi connectivity index (χ1v) is 5.96. The third-order valence-electron chi connectivity index (χ3n) is 2.63. The van der Waals surface area contributed by atoms with Crippen molar-refractivity contribution in [2.75, 3.05) is 36.6 Å². The number of nitrogens with zero attached hydrogens (tertiary/aromatic N) is 6. The SMILES string of the molecule is CN(C)c1nc(N)nc(NCCc2ccnn2C)n1. The lowest BCUT2D eigenvalue weighted by Gasteiger charge is -2.12. The number of nitrogen functional groups attached to an aromatic ring is 1. The van der Waals surface area contributed by atoms with Crippen LogP contribution in [-0.4, -0.2) is 45.4 Å². The first-order chi connectivity index (χ1) is 9.06. The van der Waals surface area contributed by atoms with Gasteiger partial charge in [0.1, 0.15) is 0 Å². The Hall–Kier alpha value is -2.38. The fourth-order valence-corrected chi connectivity index (χ4v) is 1.61. The van der Waals surface area contributed by atoms with Crippen LogP contribution >= 0.6 is 0 Å². The number of aryl methyl sites for hydroxylation is 1. The zero-order chi connectivity index (χ0) is 13.8. The maximum atomic E-state index is 5.64. The second kappa shape index (κ2) is 5.51. The Labute approximate surface area is 111 Å². The molecule has 2 aromatic heterocycles.